The van der Waals surface area contributed by atoms with Gasteiger partial charge in [0.15, 0.2) is 11.5 Å². The summed E-state index contributed by atoms with van der Waals surface area (Å²) in [6.45, 7) is 1.73. The number of fused-ring (bicyclic) bond motifs is 2. The number of benzene rings is 2. The molecule has 0 saturated carbocycles. The molecular weight excluding hydrogens is 309 g/mol. The minimum absolute atomic E-state index is 0.213. The topological polar surface area (TPSA) is 68.0 Å². The van der Waals surface area contributed by atoms with E-state index in [1.54, 1.807) is 43.3 Å². The van der Waals surface area contributed by atoms with E-state index < -0.39 is 11.7 Å². The first-order valence-electron chi connectivity index (χ1n) is 7.33. The summed E-state index contributed by atoms with van der Waals surface area (Å²) in [7, 11) is 0. The lowest BCUT2D eigenvalue weighted by Gasteiger charge is -2.07. The van der Waals surface area contributed by atoms with Crippen molar-refractivity contribution in [3.63, 3.8) is 0 Å². The molecule has 0 aliphatic carbocycles. The van der Waals surface area contributed by atoms with Crippen molar-refractivity contribution < 1.29 is 13.6 Å². The van der Waals surface area contributed by atoms with Crippen LogP contribution in [-0.4, -0.2) is 15.9 Å². The number of nitrogens with one attached hydrogen (secondary N) is 1. The molecule has 24 heavy (non-hydrogen) atoms. The highest BCUT2D eigenvalue weighted by Gasteiger charge is 2.14. The molecule has 2 aromatic heterocycles. The molecule has 4 aromatic rings. The van der Waals surface area contributed by atoms with E-state index in [1.807, 2.05) is 0 Å². The van der Waals surface area contributed by atoms with E-state index in [2.05, 4.69) is 15.3 Å². The number of aryl methyl sites for hydroxylation is 1. The second-order valence-corrected chi connectivity index (χ2v) is 5.37. The summed E-state index contributed by atoms with van der Waals surface area (Å²) in [4.78, 5) is 20.7. The number of anilines is 1. The normalized spacial score (nSPS) is 11.1. The number of halogens is 1. The van der Waals surface area contributed by atoms with Crippen LogP contribution in [0.15, 0.2) is 53.1 Å². The van der Waals surface area contributed by atoms with Gasteiger partial charge in [-0.15, -0.1) is 0 Å². The number of hydrogen-bond acceptors (Lipinski definition) is 4. The van der Waals surface area contributed by atoms with Crippen molar-refractivity contribution in [2.24, 2.45) is 0 Å². The number of para-hydroxylation sites is 1. The largest absolute Gasteiger partial charge is 0.441 e. The number of carbonyl (C=O) groups excluding carboxylic acids is 1. The van der Waals surface area contributed by atoms with Gasteiger partial charge >= 0.3 is 0 Å². The first kappa shape index (κ1) is 14.3. The van der Waals surface area contributed by atoms with Crippen molar-refractivity contribution in [1.29, 1.82) is 0 Å². The molecule has 0 aliphatic rings. The van der Waals surface area contributed by atoms with E-state index >= 15 is 0 Å². The summed E-state index contributed by atoms with van der Waals surface area (Å²) in [5.74, 6) is -0.448. The van der Waals surface area contributed by atoms with Crippen LogP contribution in [0.1, 0.15) is 16.2 Å². The second-order valence-electron chi connectivity index (χ2n) is 5.37. The number of aromatic nitrogens is 2. The van der Waals surface area contributed by atoms with Gasteiger partial charge in [0.25, 0.3) is 5.91 Å². The summed E-state index contributed by atoms with van der Waals surface area (Å²) in [5, 5.41) is 3.33. The van der Waals surface area contributed by atoms with Crippen molar-refractivity contribution in [3.05, 3.63) is 65.9 Å². The number of pyridine rings is 1. The van der Waals surface area contributed by atoms with Gasteiger partial charge in [0.2, 0.25) is 0 Å². The molecule has 0 radical (unpaired) electrons. The molecular formula is C18H12FN3O2. The van der Waals surface area contributed by atoms with Crippen molar-refractivity contribution in [3.8, 4) is 0 Å². The third-order valence-corrected chi connectivity index (χ3v) is 3.69. The van der Waals surface area contributed by atoms with E-state index in [9.17, 15) is 9.18 Å². The van der Waals surface area contributed by atoms with E-state index in [-0.39, 0.29) is 11.1 Å². The molecule has 0 saturated heterocycles. The summed E-state index contributed by atoms with van der Waals surface area (Å²) in [5.41, 5.74) is 2.11. The SMILES string of the molecule is Cc1nc2c(NC(=O)c3cc(F)c4ncccc4c3)cccc2o1. The average molecular weight is 321 g/mol. The maximum absolute atomic E-state index is 14.1. The molecule has 118 valence electrons. The fourth-order valence-corrected chi connectivity index (χ4v) is 2.63. The molecule has 5 nitrogen and oxygen atoms in total. The highest BCUT2D eigenvalue weighted by atomic mass is 19.1. The van der Waals surface area contributed by atoms with Crippen LogP contribution < -0.4 is 5.32 Å². The molecule has 6 heteroatoms. The van der Waals surface area contributed by atoms with Crippen LogP contribution >= 0.6 is 0 Å². The maximum Gasteiger partial charge on any atom is 0.255 e. The average Bonchev–Trinajstić information content (AvgIpc) is 2.96. The molecule has 1 amide bonds. The van der Waals surface area contributed by atoms with Crippen molar-refractivity contribution in [1.82, 2.24) is 9.97 Å². The maximum atomic E-state index is 14.1. The Labute approximate surface area is 136 Å². The van der Waals surface area contributed by atoms with Gasteiger partial charge in [-0.1, -0.05) is 12.1 Å². The minimum Gasteiger partial charge on any atom is -0.441 e. The zero-order valence-electron chi connectivity index (χ0n) is 12.7. The third-order valence-electron chi connectivity index (χ3n) is 3.69. The Balaban J connectivity index is 1.73. The van der Waals surface area contributed by atoms with Gasteiger partial charge in [0, 0.05) is 24.1 Å². The van der Waals surface area contributed by atoms with Crippen molar-refractivity contribution >= 4 is 33.6 Å². The Morgan fingerprint density at radius 2 is 2.04 bits per heavy atom. The standard InChI is InChI=1S/C18H12FN3O2/c1-10-21-17-14(5-2-6-15(17)24-10)22-18(23)12-8-11-4-3-7-20-16(11)13(19)9-12/h2-9H,1H3,(H,22,23). The third kappa shape index (κ3) is 2.38. The lowest BCUT2D eigenvalue weighted by Crippen LogP contribution is -2.12. The lowest BCUT2D eigenvalue weighted by atomic mass is 10.1. The summed E-state index contributed by atoms with van der Waals surface area (Å²) in [6.07, 6.45) is 1.51. The molecule has 2 aromatic carbocycles. The molecule has 0 unspecified atom stereocenters. The molecule has 0 spiro atoms. The van der Waals surface area contributed by atoms with E-state index in [0.29, 0.717) is 28.1 Å². The molecule has 0 aliphatic heterocycles. The van der Waals surface area contributed by atoms with Gasteiger partial charge < -0.3 is 9.73 Å². The first-order valence-corrected chi connectivity index (χ1v) is 7.33. The van der Waals surface area contributed by atoms with Crippen LogP contribution in [0.2, 0.25) is 0 Å². The second kappa shape index (κ2) is 5.42. The summed E-state index contributed by atoms with van der Waals surface area (Å²) >= 11 is 0. The Morgan fingerprint density at radius 1 is 1.17 bits per heavy atom. The van der Waals surface area contributed by atoms with E-state index in [1.165, 1.54) is 12.3 Å². The first-order chi connectivity index (χ1) is 11.6. The number of carbonyl (C=O) groups is 1. The minimum atomic E-state index is -0.534. The zero-order chi connectivity index (χ0) is 16.7. The van der Waals surface area contributed by atoms with Crippen LogP contribution in [0, 0.1) is 12.7 Å². The lowest BCUT2D eigenvalue weighted by molar-refractivity contribution is 0.102. The fourth-order valence-electron chi connectivity index (χ4n) is 2.63. The van der Waals surface area contributed by atoms with Crippen molar-refractivity contribution in [2.75, 3.05) is 5.32 Å². The van der Waals surface area contributed by atoms with Gasteiger partial charge in [0.05, 0.1) is 5.69 Å². The van der Waals surface area contributed by atoms with E-state index in [0.717, 1.165) is 0 Å². The molecule has 1 N–H and O–H groups in total. The van der Waals surface area contributed by atoms with Gasteiger partial charge in [0.1, 0.15) is 16.9 Å². The number of hydrogen-bond donors (Lipinski definition) is 1. The number of rotatable bonds is 2. The summed E-state index contributed by atoms with van der Waals surface area (Å²) in [6, 6.07) is 11.4. The molecule has 4 rings (SSSR count). The van der Waals surface area contributed by atoms with Crippen molar-refractivity contribution in [2.45, 2.75) is 6.92 Å². The number of nitrogens with zero attached hydrogens (tertiary/aromatic N) is 2. The summed E-state index contributed by atoms with van der Waals surface area (Å²) < 4.78 is 19.6. The highest BCUT2D eigenvalue weighted by molar-refractivity contribution is 6.09. The van der Waals surface area contributed by atoms with Gasteiger partial charge in [-0.2, -0.15) is 0 Å². The Hall–Kier alpha value is -3.28. The Morgan fingerprint density at radius 3 is 2.92 bits per heavy atom. The smallest absolute Gasteiger partial charge is 0.255 e. The van der Waals surface area contributed by atoms with Crippen LogP contribution in [0.3, 0.4) is 0 Å². The monoisotopic (exact) mass is 321 g/mol. The molecule has 2 heterocycles. The van der Waals surface area contributed by atoms with Gasteiger partial charge in [-0.05, 0) is 30.3 Å². The number of amides is 1. The van der Waals surface area contributed by atoms with E-state index in [4.69, 9.17) is 4.42 Å². The fraction of sp³-hybridized carbons (Fsp3) is 0.0556. The van der Waals surface area contributed by atoms with Gasteiger partial charge in [-0.3, -0.25) is 9.78 Å². The Bertz CT molecular complexity index is 1090. The molecule has 0 atom stereocenters. The molecule has 0 bridgehead atoms. The number of oxazole rings is 1. The highest BCUT2D eigenvalue weighted by Crippen LogP contribution is 2.25. The van der Waals surface area contributed by atoms with Crippen LogP contribution in [0.25, 0.3) is 22.0 Å². The van der Waals surface area contributed by atoms with Gasteiger partial charge in [-0.25, -0.2) is 9.37 Å². The van der Waals surface area contributed by atoms with Crippen LogP contribution in [-0.2, 0) is 0 Å². The Kier molecular flexibility index (Phi) is 3.23. The predicted molar refractivity (Wildman–Crippen MR) is 88.4 cm³/mol. The van der Waals surface area contributed by atoms with Crippen LogP contribution in [0.5, 0.6) is 0 Å². The molecule has 0 fully saturated rings. The zero-order valence-corrected chi connectivity index (χ0v) is 12.7. The van der Waals surface area contributed by atoms with Crippen LogP contribution in [0.4, 0.5) is 10.1 Å². The predicted octanol–water partition coefficient (Wildman–Crippen LogP) is 4.08. The quantitative estimate of drug-likeness (QED) is 0.604.